The van der Waals surface area contributed by atoms with Crippen LogP contribution >= 0.6 is 0 Å². The minimum absolute atomic E-state index is 0.111. The predicted molar refractivity (Wildman–Crippen MR) is 131 cm³/mol. The molecule has 7 nitrogen and oxygen atoms in total. The van der Waals surface area contributed by atoms with Gasteiger partial charge in [0.2, 0.25) is 0 Å². The fourth-order valence-electron chi connectivity index (χ4n) is 4.13. The Morgan fingerprint density at radius 2 is 1.67 bits per heavy atom. The Labute approximate surface area is 192 Å². The molecular formula is C26H25N5O2. The maximum Gasteiger partial charge on any atom is 0.321 e. The first-order valence-electron chi connectivity index (χ1n) is 11.0. The number of aromatic nitrogens is 2. The SMILES string of the molecule is COc1cccc(NC(=O)N2CCN(c3ccc(-c4cccc5ccccc45)nn3)CC2)c1. The molecule has 1 N–H and O–H groups in total. The lowest BCUT2D eigenvalue weighted by Crippen LogP contribution is -2.50. The zero-order valence-electron chi connectivity index (χ0n) is 18.4. The number of hydrogen-bond acceptors (Lipinski definition) is 5. The first-order valence-corrected chi connectivity index (χ1v) is 11.0. The molecule has 4 aromatic rings. The molecule has 0 unspecified atom stereocenters. The summed E-state index contributed by atoms with van der Waals surface area (Å²) in [7, 11) is 1.61. The maximum atomic E-state index is 12.6. The van der Waals surface area contributed by atoms with Gasteiger partial charge in [0.15, 0.2) is 5.82 Å². The highest BCUT2D eigenvalue weighted by molar-refractivity contribution is 5.95. The van der Waals surface area contributed by atoms with Crippen LogP contribution in [-0.4, -0.2) is 54.4 Å². The first-order chi connectivity index (χ1) is 16.2. The van der Waals surface area contributed by atoms with Gasteiger partial charge in [-0.15, -0.1) is 10.2 Å². The monoisotopic (exact) mass is 439 g/mol. The van der Waals surface area contributed by atoms with E-state index in [0.717, 1.165) is 28.1 Å². The lowest BCUT2D eigenvalue weighted by atomic mass is 10.0. The molecule has 3 aromatic carbocycles. The number of fused-ring (bicyclic) bond motifs is 1. The van der Waals surface area contributed by atoms with Gasteiger partial charge in [0, 0.05) is 43.5 Å². The topological polar surface area (TPSA) is 70.6 Å². The molecule has 33 heavy (non-hydrogen) atoms. The Morgan fingerprint density at radius 1 is 0.879 bits per heavy atom. The number of nitrogens with zero attached hydrogens (tertiary/aromatic N) is 4. The second-order valence-electron chi connectivity index (χ2n) is 7.94. The molecule has 166 valence electrons. The van der Waals surface area contributed by atoms with E-state index in [4.69, 9.17) is 4.74 Å². The number of carbonyl (C=O) groups is 1. The number of amides is 2. The van der Waals surface area contributed by atoms with Crippen LogP contribution < -0.4 is 15.0 Å². The van der Waals surface area contributed by atoms with E-state index in [1.807, 2.05) is 53.4 Å². The van der Waals surface area contributed by atoms with Crippen molar-refractivity contribution in [1.82, 2.24) is 15.1 Å². The number of piperazine rings is 1. The van der Waals surface area contributed by atoms with Crippen molar-refractivity contribution in [2.75, 3.05) is 43.5 Å². The molecule has 1 saturated heterocycles. The Hall–Kier alpha value is -4.13. The summed E-state index contributed by atoms with van der Waals surface area (Å²) >= 11 is 0. The van der Waals surface area contributed by atoms with E-state index in [-0.39, 0.29) is 6.03 Å². The van der Waals surface area contributed by atoms with Crippen LogP contribution in [0.15, 0.2) is 78.9 Å². The molecular weight excluding hydrogens is 414 g/mol. The molecule has 1 aliphatic rings. The number of anilines is 2. The van der Waals surface area contributed by atoms with Crippen molar-refractivity contribution in [3.8, 4) is 17.0 Å². The summed E-state index contributed by atoms with van der Waals surface area (Å²) in [5.41, 5.74) is 2.65. The number of carbonyl (C=O) groups excluding carboxylic acids is 1. The predicted octanol–water partition coefficient (Wildman–Crippen LogP) is 4.66. The zero-order chi connectivity index (χ0) is 22.6. The molecule has 1 fully saturated rings. The summed E-state index contributed by atoms with van der Waals surface area (Å²) in [6.07, 6.45) is 0. The molecule has 7 heteroatoms. The second-order valence-corrected chi connectivity index (χ2v) is 7.94. The number of nitrogens with one attached hydrogen (secondary N) is 1. The maximum absolute atomic E-state index is 12.6. The van der Waals surface area contributed by atoms with Crippen LogP contribution in [0.2, 0.25) is 0 Å². The van der Waals surface area contributed by atoms with Gasteiger partial charge < -0.3 is 19.9 Å². The normalized spacial score (nSPS) is 13.7. The third-order valence-corrected chi connectivity index (χ3v) is 5.93. The number of hydrogen-bond donors (Lipinski definition) is 1. The number of methoxy groups -OCH3 is 1. The summed E-state index contributed by atoms with van der Waals surface area (Å²) in [6.45, 7) is 2.63. The molecule has 1 aliphatic heterocycles. The molecule has 0 bridgehead atoms. The third kappa shape index (κ3) is 4.43. The average molecular weight is 440 g/mol. The number of urea groups is 1. The lowest BCUT2D eigenvalue weighted by molar-refractivity contribution is 0.208. The fourth-order valence-corrected chi connectivity index (χ4v) is 4.13. The quantitative estimate of drug-likeness (QED) is 0.501. The van der Waals surface area contributed by atoms with E-state index < -0.39 is 0 Å². The molecule has 0 aliphatic carbocycles. The third-order valence-electron chi connectivity index (χ3n) is 5.93. The van der Waals surface area contributed by atoms with Gasteiger partial charge in [-0.2, -0.15) is 0 Å². The highest BCUT2D eigenvalue weighted by atomic mass is 16.5. The molecule has 2 amide bonds. The van der Waals surface area contributed by atoms with Gasteiger partial charge in [0.05, 0.1) is 12.8 Å². The van der Waals surface area contributed by atoms with Gasteiger partial charge in [-0.1, -0.05) is 48.5 Å². The van der Waals surface area contributed by atoms with Gasteiger partial charge >= 0.3 is 6.03 Å². The summed E-state index contributed by atoms with van der Waals surface area (Å²) in [4.78, 5) is 16.6. The summed E-state index contributed by atoms with van der Waals surface area (Å²) in [6, 6.07) is 25.8. The van der Waals surface area contributed by atoms with Gasteiger partial charge in [-0.3, -0.25) is 0 Å². The van der Waals surface area contributed by atoms with Gasteiger partial charge in [-0.25, -0.2) is 4.79 Å². The van der Waals surface area contributed by atoms with Crippen molar-refractivity contribution in [3.63, 3.8) is 0 Å². The molecule has 5 rings (SSSR count). The molecule has 0 atom stereocenters. The number of rotatable bonds is 4. The smallest absolute Gasteiger partial charge is 0.321 e. The van der Waals surface area contributed by atoms with E-state index in [1.165, 1.54) is 5.39 Å². The van der Waals surface area contributed by atoms with Crippen LogP contribution in [0.3, 0.4) is 0 Å². The molecule has 2 heterocycles. The first kappa shape index (κ1) is 20.8. The van der Waals surface area contributed by atoms with Crippen LogP contribution in [0.1, 0.15) is 0 Å². The minimum atomic E-state index is -0.111. The van der Waals surface area contributed by atoms with Gasteiger partial charge in [0.1, 0.15) is 5.75 Å². The van der Waals surface area contributed by atoms with Crippen molar-refractivity contribution in [1.29, 1.82) is 0 Å². The highest BCUT2D eigenvalue weighted by Crippen LogP contribution is 2.27. The number of benzene rings is 3. The zero-order valence-corrected chi connectivity index (χ0v) is 18.4. The highest BCUT2D eigenvalue weighted by Gasteiger charge is 2.22. The van der Waals surface area contributed by atoms with E-state index in [0.29, 0.717) is 31.9 Å². The van der Waals surface area contributed by atoms with Crippen molar-refractivity contribution >= 4 is 28.3 Å². The Bertz CT molecular complexity index is 1260. The molecule has 0 saturated carbocycles. The standard InChI is InChI=1S/C26H25N5O2/c1-33-21-9-5-8-20(18-21)27-26(32)31-16-14-30(15-17-31)25-13-12-24(28-29-25)23-11-4-7-19-6-2-3-10-22(19)23/h2-13,18H,14-17H2,1H3,(H,27,32). The minimum Gasteiger partial charge on any atom is -0.497 e. The van der Waals surface area contributed by atoms with E-state index in [2.05, 4.69) is 44.7 Å². The van der Waals surface area contributed by atoms with Gasteiger partial charge in [-0.05, 0) is 35.0 Å². The molecule has 0 spiro atoms. The Kier molecular flexibility index (Phi) is 5.76. The van der Waals surface area contributed by atoms with Crippen molar-refractivity contribution in [3.05, 3.63) is 78.9 Å². The van der Waals surface area contributed by atoms with Crippen LogP contribution in [-0.2, 0) is 0 Å². The second kappa shape index (κ2) is 9.16. The van der Waals surface area contributed by atoms with Crippen molar-refractivity contribution in [2.45, 2.75) is 0 Å². The molecule has 0 radical (unpaired) electrons. The summed E-state index contributed by atoms with van der Waals surface area (Å²) < 4.78 is 5.22. The van der Waals surface area contributed by atoms with E-state index >= 15 is 0 Å². The number of ether oxygens (including phenoxy) is 1. The fraction of sp³-hybridized carbons (Fsp3) is 0.192. The van der Waals surface area contributed by atoms with Gasteiger partial charge in [0.25, 0.3) is 0 Å². The average Bonchev–Trinajstić information content (AvgIpc) is 2.88. The van der Waals surface area contributed by atoms with E-state index in [1.54, 1.807) is 13.2 Å². The van der Waals surface area contributed by atoms with E-state index in [9.17, 15) is 4.79 Å². The van der Waals surface area contributed by atoms with Crippen LogP contribution in [0, 0.1) is 0 Å². The Morgan fingerprint density at radius 3 is 2.45 bits per heavy atom. The molecule has 1 aromatic heterocycles. The Balaban J connectivity index is 1.22. The van der Waals surface area contributed by atoms with Crippen molar-refractivity contribution < 1.29 is 9.53 Å². The lowest BCUT2D eigenvalue weighted by Gasteiger charge is -2.35. The van der Waals surface area contributed by atoms with Crippen LogP contribution in [0.5, 0.6) is 5.75 Å². The largest absolute Gasteiger partial charge is 0.497 e. The van der Waals surface area contributed by atoms with Crippen LogP contribution in [0.25, 0.3) is 22.0 Å². The van der Waals surface area contributed by atoms with Crippen molar-refractivity contribution in [2.24, 2.45) is 0 Å². The van der Waals surface area contributed by atoms with Crippen LogP contribution in [0.4, 0.5) is 16.3 Å². The summed E-state index contributed by atoms with van der Waals surface area (Å²) in [5, 5.41) is 14.3. The summed E-state index contributed by atoms with van der Waals surface area (Å²) in [5.74, 6) is 1.54.